The molecule has 4 rings (SSSR count). The Labute approximate surface area is 156 Å². The lowest BCUT2D eigenvalue weighted by Crippen LogP contribution is -2.27. The van der Waals surface area contributed by atoms with E-state index in [1.54, 1.807) is 6.20 Å². The molecule has 0 radical (unpaired) electrons. The Morgan fingerprint density at radius 1 is 1.00 bits per heavy atom. The van der Waals surface area contributed by atoms with E-state index in [2.05, 4.69) is 29.1 Å². The predicted molar refractivity (Wildman–Crippen MR) is 106 cm³/mol. The highest BCUT2D eigenvalue weighted by Gasteiger charge is 2.21. The predicted octanol–water partition coefficient (Wildman–Crippen LogP) is 3.89. The van der Waals surface area contributed by atoms with Crippen molar-refractivity contribution in [2.45, 2.75) is 13.8 Å². The molecule has 0 unspecified atom stereocenters. The number of rotatable bonds is 5. The molecule has 0 bridgehead atoms. The number of hydrogen-bond acceptors (Lipinski definition) is 5. The van der Waals surface area contributed by atoms with Gasteiger partial charge < -0.3 is 9.32 Å². The van der Waals surface area contributed by atoms with E-state index in [0.717, 1.165) is 29.7 Å². The minimum Gasteiger partial charge on any atom is -0.421 e. The maximum atomic E-state index is 12.9. The fourth-order valence-corrected chi connectivity index (χ4v) is 3.30. The zero-order valence-corrected chi connectivity index (χ0v) is 15.3. The van der Waals surface area contributed by atoms with Gasteiger partial charge >= 0.3 is 5.63 Å². The summed E-state index contributed by atoms with van der Waals surface area (Å²) in [7, 11) is 0. The minimum absolute atomic E-state index is 0.382. The maximum Gasteiger partial charge on any atom is 0.364 e. The van der Waals surface area contributed by atoms with Gasteiger partial charge in [0.2, 0.25) is 0 Å². The molecule has 0 N–H and O–H groups in total. The van der Waals surface area contributed by atoms with E-state index in [1.807, 2.05) is 54.6 Å². The van der Waals surface area contributed by atoms with Crippen molar-refractivity contribution in [3.05, 3.63) is 71.2 Å². The summed E-state index contributed by atoms with van der Waals surface area (Å²) in [6.45, 7) is 5.65. The Morgan fingerprint density at radius 2 is 1.70 bits per heavy atom. The largest absolute Gasteiger partial charge is 0.421 e. The van der Waals surface area contributed by atoms with Crippen LogP contribution in [-0.2, 0) is 0 Å². The summed E-state index contributed by atoms with van der Waals surface area (Å²) in [6, 6.07) is 17.3. The molecule has 0 saturated heterocycles. The van der Waals surface area contributed by atoms with Crippen LogP contribution in [0, 0.1) is 0 Å². The lowest BCUT2D eigenvalue weighted by molar-refractivity contribution is 0.550. The van der Waals surface area contributed by atoms with E-state index in [-0.39, 0.29) is 0 Å². The van der Waals surface area contributed by atoms with Crippen molar-refractivity contribution in [1.82, 2.24) is 15.0 Å². The zero-order chi connectivity index (χ0) is 18.8. The van der Waals surface area contributed by atoms with Crippen molar-refractivity contribution < 1.29 is 4.42 Å². The van der Waals surface area contributed by atoms with Crippen LogP contribution >= 0.6 is 0 Å². The quantitative estimate of drug-likeness (QED) is 0.505. The molecule has 2 heterocycles. The van der Waals surface area contributed by atoms with Crippen molar-refractivity contribution in [1.29, 1.82) is 0 Å². The van der Waals surface area contributed by atoms with Crippen molar-refractivity contribution in [3.63, 3.8) is 0 Å². The molecule has 6 nitrogen and oxygen atoms in total. The van der Waals surface area contributed by atoms with Gasteiger partial charge in [0.05, 0.1) is 11.9 Å². The molecule has 4 aromatic rings. The summed E-state index contributed by atoms with van der Waals surface area (Å²) in [6.07, 6.45) is 1.77. The third-order valence-electron chi connectivity index (χ3n) is 4.63. The molecule has 2 aromatic carbocycles. The number of fused-ring (bicyclic) bond motifs is 1. The second-order valence-corrected chi connectivity index (χ2v) is 6.17. The Hall–Kier alpha value is -3.41. The fraction of sp³-hybridized carbons (Fsp3) is 0.190. The Bertz CT molecular complexity index is 1130. The van der Waals surface area contributed by atoms with E-state index in [4.69, 9.17) is 4.42 Å². The third kappa shape index (κ3) is 2.99. The summed E-state index contributed by atoms with van der Waals surface area (Å²) in [5.41, 5.74) is 2.98. The van der Waals surface area contributed by atoms with Crippen molar-refractivity contribution in [2.75, 3.05) is 18.0 Å². The number of aromatic nitrogens is 3. The van der Waals surface area contributed by atoms with E-state index in [9.17, 15) is 4.79 Å². The van der Waals surface area contributed by atoms with Crippen molar-refractivity contribution >= 4 is 16.7 Å². The second-order valence-electron chi connectivity index (χ2n) is 6.17. The van der Waals surface area contributed by atoms with Gasteiger partial charge in [0.15, 0.2) is 5.69 Å². The number of benzene rings is 2. The summed E-state index contributed by atoms with van der Waals surface area (Å²) in [5.74, 6) is 0. The Balaban J connectivity index is 1.96. The second kappa shape index (κ2) is 7.07. The first-order chi connectivity index (χ1) is 13.2. The molecule has 6 heteroatoms. The topological polar surface area (TPSA) is 64.2 Å². The van der Waals surface area contributed by atoms with Crippen molar-refractivity contribution in [3.8, 4) is 16.9 Å². The molecule has 136 valence electrons. The standard InChI is InChI=1S/C21H20N4O2/c1-3-24(4-2)19-16-12-8-9-13-18(16)27-21(26)20(19)25-14-17(22-23-25)15-10-6-5-7-11-15/h5-14H,3-4H2,1-2H3. The van der Waals surface area contributed by atoms with E-state index >= 15 is 0 Å². The third-order valence-corrected chi connectivity index (χ3v) is 4.63. The number of nitrogens with zero attached hydrogens (tertiary/aromatic N) is 4. The van der Waals surface area contributed by atoms with Crippen LogP contribution in [0.15, 0.2) is 70.0 Å². The highest BCUT2D eigenvalue weighted by atomic mass is 16.4. The van der Waals surface area contributed by atoms with Gasteiger partial charge in [0.1, 0.15) is 11.3 Å². The highest BCUT2D eigenvalue weighted by Crippen LogP contribution is 2.31. The molecular formula is C21H20N4O2. The van der Waals surface area contributed by atoms with Crippen LogP contribution in [0.4, 0.5) is 5.69 Å². The molecule has 0 amide bonds. The van der Waals surface area contributed by atoms with Crippen LogP contribution in [-0.4, -0.2) is 28.1 Å². The molecule has 0 fully saturated rings. The molecule has 27 heavy (non-hydrogen) atoms. The molecule has 0 atom stereocenters. The van der Waals surface area contributed by atoms with Crippen LogP contribution in [0.1, 0.15) is 13.8 Å². The zero-order valence-electron chi connectivity index (χ0n) is 15.3. The van der Waals surface area contributed by atoms with Crippen LogP contribution in [0.3, 0.4) is 0 Å². The first kappa shape index (κ1) is 17.0. The van der Waals surface area contributed by atoms with Gasteiger partial charge in [-0.3, -0.25) is 0 Å². The number of hydrogen-bond donors (Lipinski definition) is 0. The number of para-hydroxylation sites is 1. The highest BCUT2D eigenvalue weighted by molar-refractivity contribution is 5.94. The lowest BCUT2D eigenvalue weighted by atomic mass is 10.1. The van der Waals surface area contributed by atoms with Crippen LogP contribution in [0.2, 0.25) is 0 Å². The van der Waals surface area contributed by atoms with Gasteiger partial charge in [0.25, 0.3) is 0 Å². The molecular weight excluding hydrogens is 340 g/mol. The molecule has 0 spiro atoms. The Kier molecular flexibility index (Phi) is 4.46. The minimum atomic E-state index is -0.430. The summed E-state index contributed by atoms with van der Waals surface area (Å²) < 4.78 is 7.09. The van der Waals surface area contributed by atoms with E-state index in [0.29, 0.717) is 17.0 Å². The Morgan fingerprint density at radius 3 is 2.44 bits per heavy atom. The maximum absolute atomic E-state index is 12.9. The molecule has 2 aromatic heterocycles. The average Bonchev–Trinajstić information content (AvgIpc) is 3.19. The van der Waals surface area contributed by atoms with Gasteiger partial charge in [-0.05, 0) is 26.0 Å². The summed E-state index contributed by atoms with van der Waals surface area (Å²) in [4.78, 5) is 15.0. The average molecular weight is 360 g/mol. The first-order valence-electron chi connectivity index (χ1n) is 9.01. The van der Waals surface area contributed by atoms with Gasteiger partial charge in [-0.2, -0.15) is 0 Å². The van der Waals surface area contributed by atoms with Crippen LogP contribution in [0.5, 0.6) is 0 Å². The van der Waals surface area contributed by atoms with Gasteiger partial charge in [0, 0.05) is 24.0 Å². The van der Waals surface area contributed by atoms with Crippen LogP contribution in [0.25, 0.3) is 27.9 Å². The van der Waals surface area contributed by atoms with Crippen molar-refractivity contribution in [2.24, 2.45) is 0 Å². The van der Waals surface area contributed by atoms with Gasteiger partial charge in [-0.15, -0.1) is 5.10 Å². The first-order valence-corrected chi connectivity index (χ1v) is 9.01. The summed E-state index contributed by atoms with van der Waals surface area (Å²) in [5, 5.41) is 9.35. The van der Waals surface area contributed by atoms with E-state index < -0.39 is 5.63 Å². The molecule has 0 aliphatic rings. The SMILES string of the molecule is CCN(CC)c1c(-n2cc(-c3ccccc3)nn2)c(=O)oc2ccccc12. The molecule has 0 aliphatic carbocycles. The smallest absolute Gasteiger partial charge is 0.364 e. The lowest BCUT2D eigenvalue weighted by Gasteiger charge is -2.24. The van der Waals surface area contributed by atoms with E-state index in [1.165, 1.54) is 4.68 Å². The van der Waals surface area contributed by atoms with Crippen LogP contribution < -0.4 is 10.5 Å². The van der Waals surface area contributed by atoms with Gasteiger partial charge in [-0.1, -0.05) is 47.7 Å². The monoisotopic (exact) mass is 360 g/mol. The van der Waals surface area contributed by atoms with Gasteiger partial charge in [-0.25, -0.2) is 9.48 Å². The fourth-order valence-electron chi connectivity index (χ4n) is 3.30. The number of anilines is 1. The summed E-state index contributed by atoms with van der Waals surface area (Å²) >= 11 is 0. The molecule has 0 saturated carbocycles. The normalized spacial score (nSPS) is 11.0. The molecule has 0 aliphatic heterocycles.